The van der Waals surface area contributed by atoms with Gasteiger partial charge >= 0.3 is 0 Å². The molecule has 0 aliphatic carbocycles. The van der Waals surface area contributed by atoms with Gasteiger partial charge in [0.05, 0.1) is 0 Å². The third-order valence-electron chi connectivity index (χ3n) is 6.03. The van der Waals surface area contributed by atoms with E-state index in [2.05, 4.69) is 38.1 Å². The Morgan fingerprint density at radius 3 is 2.07 bits per heavy atom. The Labute approximate surface area is 176 Å². The molecule has 0 aliphatic heterocycles. The second-order valence-corrected chi connectivity index (χ2v) is 7.82. The summed E-state index contributed by atoms with van der Waals surface area (Å²) in [5.41, 5.74) is 3.12. The summed E-state index contributed by atoms with van der Waals surface area (Å²) in [6.07, 6.45) is 9.41. The first-order valence-electron chi connectivity index (χ1n) is 11.1. The lowest BCUT2D eigenvalue weighted by Gasteiger charge is -2.38. The molecule has 2 rings (SSSR count). The van der Waals surface area contributed by atoms with Gasteiger partial charge in [-0.2, -0.15) is 0 Å². The Morgan fingerprint density at radius 1 is 0.828 bits per heavy atom. The number of methoxy groups -OCH3 is 2. The highest BCUT2D eigenvalue weighted by atomic mass is 19.1. The Hall–Kier alpha value is -1.71. The van der Waals surface area contributed by atoms with Crippen LogP contribution < -0.4 is 0 Å². The molecule has 160 valence electrons. The van der Waals surface area contributed by atoms with Gasteiger partial charge in [0.1, 0.15) is 5.82 Å². The maximum absolute atomic E-state index is 13.6. The highest BCUT2D eigenvalue weighted by molar-refractivity contribution is 5.63. The third-order valence-corrected chi connectivity index (χ3v) is 6.03. The minimum Gasteiger partial charge on any atom is -0.353 e. The largest absolute Gasteiger partial charge is 0.353 e. The molecule has 29 heavy (non-hydrogen) atoms. The van der Waals surface area contributed by atoms with Gasteiger partial charge in [0, 0.05) is 20.1 Å². The first-order valence-corrected chi connectivity index (χ1v) is 11.1. The molecule has 0 aromatic heterocycles. The fraction of sp³-hybridized carbons (Fsp3) is 0.538. The molecule has 2 nitrogen and oxygen atoms in total. The van der Waals surface area contributed by atoms with Gasteiger partial charge in [-0.25, -0.2) is 4.39 Å². The van der Waals surface area contributed by atoms with Crippen LogP contribution >= 0.6 is 0 Å². The van der Waals surface area contributed by atoms with Crippen molar-refractivity contribution in [2.24, 2.45) is 0 Å². The molecule has 1 unspecified atom stereocenters. The summed E-state index contributed by atoms with van der Waals surface area (Å²) in [5, 5.41) is 0. The molecule has 0 radical (unpaired) electrons. The van der Waals surface area contributed by atoms with Crippen molar-refractivity contribution in [2.45, 2.75) is 76.9 Å². The number of hydrogen-bond donors (Lipinski definition) is 0. The summed E-state index contributed by atoms with van der Waals surface area (Å²) in [5.74, 6) is -0.671. The maximum Gasteiger partial charge on any atom is 0.174 e. The minimum absolute atomic E-state index is 0.162. The summed E-state index contributed by atoms with van der Waals surface area (Å²) >= 11 is 0. The van der Waals surface area contributed by atoms with Gasteiger partial charge in [-0.3, -0.25) is 0 Å². The molecule has 0 amide bonds. The Kier molecular flexibility index (Phi) is 9.83. The standard InChI is InChI=1S/C26H37FO2/c1-5-7-8-9-10-11-15-25(26(6-2,28-3)29-4)22-18-16-21(17-19-22)23-13-12-14-24(27)20-23/h12-14,16-20,25H,5-11,15H2,1-4H3. The number of benzene rings is 2. The van der Waals surface area contributed by atoms with Crippen molar-refractivity contribution >= 4 is 0 Å². The quantitative estimate of drug-likeness (QED) is 0.253. The van der Waals surface area contributed by atoms with Crippen LogP contribution in [0.1, 0.15) is 76.7 Å². The number of rotatable bonds is 13. The van der Waals surface area contributed by atoms with Gasteiger partial charge in [-0.1, -0.05) is 88.8 Å². The van der Waals surface area contributed by atoms with Gasteiger partial charge < -0.3 is 9.47 Å². The van der Waals surface area contributed by atoms with E-state index in [0.29, 0.717) is 0 Å². The smallest absolute Gasteiger partial charge is 0.174 e. The maximum atomic E-state index is 13.6. The van der Waals surface area contributed by atoms with Gasteiger partial charge in [0.15, 0.2) is 5.79 Å². The Morgan fingerprint density at radius 2 is 1.48 bits per heavy atom. The number of ether oxygens (including phenoxy) is 2. The molecule has 0 heterocycles. The van der Waals surface area contributed by atoms with Crippen molar-refractivity contribution in [3.05, 3.63) is 59.9 Å². The third kappa shape index (κ3) is 6.38. The molecule has 0 fully saturated rings. The van der Waals surface area contributed by atoms with E-state index >= 15 is 0 Å². The molecule has 1 atom stereocenters. The fourth-order valence-corrected chi connectivity index (χ4v) is 4.25. The van der Waals surface area contributed by atoms with Crippen molar-refractivity contribution in [1.82, 2.24) is 0 Å². The molecule has 2 aromatic rings. The van der Waals surface area contributed by atoms with E-state index in [1.165, 1.54) is 43.7 Å². The summed E-state index contributed by atoms with van der Waals surface area (Å²) < 4.78 is 25.4. The predicted molar refractivity (Wildman–Crippen MR) is 120 cm³/mol. The van der Waals surface area contributed by atoms with Crippen LogP contribution in [0.5, 0.6) is 0 Å². The van der Waals surface area contributed by atoms with Crippen LogP contribution in [-0.2, 0) is 9.47 Å². The zero-order chi connectivity index (χ0) is 21.1. The average molecular weight is 401 g/mol. The Bertz CT molecular complexity index is 699. The molecule has 0 saturated heterocycles. The lowest BCUT2D eigenvalue weighted by Crippen LogP contribution is -2.40. The lowest BCUT2D eigenvalue weighted by atomic mass is 9.83. The second kappa shape index (κ2) is 12.1. The van der Waals surface area contributed by atoms with Crippen LogP contribution in [0.2, 0.25) is 0 Å². The highest BCUT2D eigenvalue weighted by Gasteiger charge is 2.38. The topological polar surface area (TPSA) is 18.5 Å². The van der Waals surface area contributed by atoms with Crippen LogP contribution in [0.25, 0.3) is 11.1 Å². The zero-order valence-electron chi connectivity index (χ0n) is 18.5. The number of unbranched alkanes of at least 4 members (excludes halogenated alkanes) is 5. The van der Waals surface area contributed by atoms with E-state index in [-0.39, 0.29) is 11.7 Å². The van der Waals surface area contributed by atoms with Crippen molar-refractivity contribution in [2.75, 3.05) is 14.2 Å². The van der Waals surface area contributed by atoms with Crippen molar-refractivity contribution in [3.8, 4) is 11.1 Å². The van der Waals surface area contributed by atoms with Crippen LogP contribution in [0.15, 0.2) is 48.5 Å². The van der Waals surface area contributed by atoms with Crippen LogP contribution in [-0.4, -0.2) is 20.0 Å². The summed E-state index contributed by atoms with van der Waals surface area (Å²) in [6.45, 7) is 4.36. The van der Waals surface area contributed by atoms with E-state index in [1.54, 1.807) is 26.4 Å². The van der Waals surface area contributed by atoms with E-state index in [0.717, 1.165) is 30.4 Å². The van der Waals surface area contributed by atoms with Crippen LogP contribution in [0.4, 0.5) is 4.39 Å². The first kappa shape index (κ1) is 23.6. The summed E-state index contributed by atoms with van der Waals surface area (Å²) in [7, 11) is 3.48. The zero-order valence-corrected chi connectivity index (χ0v) is 18.5. The predicted octanol–water partition coefficient (Wildman–Crippen LogP) is 7.73. The molecular weight excluding hydrogens is 363 g/mol. The second-order valence-electron chi connectivity index (χ2n) is 7.82. The molecular formula is C26H37FO2. The lowest BCUT2D eigenvalue weighted by molar-refractivity contribution is -0.225. The molecule has 0 aliphatic rings. The molecule has 0 spiro atoms. The van der Waals surface area contributed by atoms with Gasteiger partial charge in [-0.15, -0.1) is 0 Å². The highest BCUT2D eigenvalue weighted by Crippen LogP contribution is 2.39. The van der Waals surface area contributed by atoms with Gasteiger partial charge in [0.2, 0.25) is 0 Å². The van der Waals surface area contributed by atoms with E-state index in [4.69, 9.17) is 9.47 Å². The van der Waals surface area contributed by atoms with Crippen molar-refractivity contribution < 1.29 is 13.9 Å². The average Bonchev–Trinajstić information content (AvgIpc) is 2.76. The monoisotopic (exact) mass is 400 g/mol. The van der Waals surface area contributed by atoms with E-state index < -0.39 is 5.79 Å². The summed E-state index contributed by atoms with van der Waals surface area (Å²) in [4.78, 5) is 0. The normalized spacial score (nSPS) is 12.9. The molecule has 3 heteroatoms. The van der Waals surface area contributed by atoms with E-state index in [9.17, 15) is 4.39 Å². The molecule has 2 aromatic carbocycles. The van der Waals surface area contributed by atoms with Crippen molar-refractivity contribution in [1.29, 1.82) is 0 Å². The number of halogens is 1. The Balaban J connectivity index is 2.18. The van der Waals surface area contributed by atoms with Crippen molar-refractivity contribution in [3.63, 3.8) is 0 Å². The molecule has 0 saturated carbocycles. The first-order chi connectivity index (χ1) is 14.1. The van der Waals surface area contributed by atoms with Crippen LogP contribution in [0.3, 0.4) is 0 Å². The molecule has 0 bridgehead atoms. The van der Waals surface area contributed by atoms with Gasteiger partial charge in [-0.05, 0) is 41.7 Å². The van der Waals surface area contributed by atoms with Gasteiger partial charge in [0.25, 0.3) is 0 Å². The van der Waals surface area contributed by atoms with Crippen LogP contribution in [0, 0.1) is 5.82 Å². The molecule has 0 N–H and O–H groups in total. The summed E-state index contributed by atoms with van der Waals surface area (Å²) in [6, 6.07) is 15.2. The minimum atomic E-state index is -0.621. The SMILES string of the molecule is CCCCCCCCC(c1ccc(-c2cccc(F)c2)cc1)C(CC)(OC)OC. The fourth-order valence-electron chi connectivity index (χ4n) is 4.25. The van der Waals surface area contributed by atoms with E-state index in [1.807, 2.05) is 6.07 Å². The number of hydrogen-bond acceptors (Lipinski definition) is 2.